The predicted octanol–water partition coefficient (Wildman–Crippen LogP) is -1.26. The first-order valence-corrected chi connectivity index (χ1v) is 8.51. The highest BCUT2D eigenvalue weighted by Gasteiger charge is 2.46. The number of carbonyl (C=O) groups is 4. The number of amidine groups is 1. The fourth-order valence-electron chi connectivity index (χ4n) is 2.99. The van der Waals surface area contributed by atoms with E-state index >= 15 is 0 Å². The number of aliphatic imine (C=N–C) groups is 3. The average molecular weight is 393 g/mol. The first-order chi connectivity index (χ1) is 13.2. The Balaban J connectivity index is 1.77. The molecule has 12 heteroatoms. The number of hydrogen-bond donors (Lipinski definition) is 1. The molecule has 0 spiro atoms. The van der Waals surface area contributed by atoms with Crippen molar-refractivity contribution in [2.45, 2.75) is 51.7 Å². The van der Waals surface area contributed by atoms with E-state index < -0.39 is 48.2 Å². The van der Waals surface area contributed by atoms with Crippen LogP contribution in [0.3, 0.4) is 0 Å². The molecule has 3 aliphatic heterocycles. The molecule has 0 aliphatic carbocycles. The highest BCUT2D eigenvalue weighted by Crippen LogP contribution is 2.29. The first-order valence-electron chi connectivity index (χ1n) is 8.51. The molecule has 1 fully saturated rings. The number of fused-ring (bicyclic) bond motifs is 1. The Hall–Kier alpha value is -3.15. The number of hydrogen-bond acceptors (Lipinski definition) is 10. The van der Waals surface area contributed by atoms with Gasteiger partial charge in [-0.15, -0.1) is 0 Å². The van der Waals surface area contributed by atoms with Gasteiger partial charge in [-0.05, 0) is 0 Å². The Morgan fingerprint density at radius 3 is 2.64 bits per heavy atom. The second-order valence-corrected chi connectivity index (χ2v) is 6.31. The smallest absolute Gasteiger partial charge is 0.303 e. The third kappa shape index (κ3) is 4.22. The van der Waals surface area contributed by atoms with Crippen LogP contribution in [0.4, 0.5) is 0 Å². The van der Waals surface area contributed by atoms with Gasteiger partial charge in [-0.1, -0.05) is 0 Å². The van der Waals surface area contributed by atoms with Crippen LogP contribution in [0.1, 0.15) is 27.2 Å². The lowest BCUT2D eigenvalue weighted by atomic mass is 10.1. The Labute approximate surface area is 159 Å². The van der Waals surface area contributed by atoms with Crippen LogP contribution in [0.15, 0.2) is 15.0 Å². The molecule has 3 heterocycles. The Kier molecular flexibility index (Phi) is 5.49. The molecule has 28 heavy (non-hydrogen) atoms. The predicted molar refractivity (Wildman–Crippen MR) is 93.3 cm³/mol. The molecule has 0 aromatic carbocycles. The fourth-order valence-corrected chi connectivity index (χ4v) is 2.99. The van der Waals surface area contributed by atoms with Gasteiger partial charge in [-0.2, -0.15) is 9.98 Å². The minimum absolute atomic E-state index is 0.0950. The zero-order valence-electron chi connectivity index (χ0n) is 15.4. The van der Waals surface area contributed by atoms with Crippen molar-refractivity contribution in [3.05, 3.63) is 0 Å². The monoisotopic (exact) mass is 393 g/mol. The van der Waals surface area contributed by atoms with E-state index in [1.165, 1.54) is 32.0 Å². The lowest BCUT2D eigenvalue weighted by molar-refractivity contribution is -0.155. The van der Waals surface area contributed by atoms with Crippen LogP contribution in [0.5, 0.6) is 0 Å². The van der Waals surface area contributed by atoms with Crippen LogP contribution in [0.25, 0.3) is 0 Å². The molecule has 3 aliphatic rings. The maximum Gasteiger partial charge on any atom is 0.303 e. The second-order valence-electron chi connectivity index (χ2n) is 6.31. The minimum Gasteiger partial charge on any atom is -0.463 e. The second kappa shape index (κ2) is 7.84. The average Bonchev–Trinajstić information content (AvgIpc) is 3.16. The number of rotatable bonds is 4. The molecular weight excluding hydrogens is 374 g/mol. The van der Waals surface area contributed by atoms with Gasteiger partial charge in [0.05, 0.1) is 6.34 Å². The zero-order chi connectivity index (χ0) is 20.4. The summed E-state index contributed by atoms with van der Waals surface area (Å²) in [6.45, 7) is 3.70. The van der Waals surface area contributed by atoms with Crippen LogP contribution in [0, 0.1) is 0 Å². The highest BCUT2D eigenvalue weighted by molar-refractivity contribution is 6.23. The van der Waals surface area contributed by atoms with E-state index in [0.29, 0.717) is 0 Å². The molecule has 0 saturated carbocycles. The molecule has 2 amide bonds. The van der Waals surface area contributed by atoms with Crippen molar-refractivity contribution in [1.82, 2.24) is 10.2 Å². The van der Waals surface area contributed by atoms with E-state index in [4.69, 9.17) is 14.2 Å². The van der Waals surface area contributed by atoms with Crippen molar-refractivity contribution >= 4 is 41.9 Å². The van der Waals surface area contributed by atoms with Gasteiger partial charge in [0.15, 0.2) is 11.9 Å². The van der Waals surface area contributed by atoms with Crippen molar-refractivity contribution in [2.75, 3.05) is 6.61 Å². The number of nitrogens with one attached hydrogen (secondary N) is 1. The summed E-state index contributed by atoms with van der Waals surface area (Å²) in [4.78, 5) is 59.3. The van der Waals surface area contributed by atoms with Crippen LogP contribution < -0.4 is 5.32 Å². The van der Waals surface area contributed by atoms with E-state index in [0.717, 1.165) is 0 Å². The van der Waals surface area contributed by atoms with E-state index in [9.17, 15) is 19.2 Å². The molecule has 1 saturated heterocycles. The molecular formula is C16H19N5O7. The normalized spacial score (nSPS) is 28.4. The topological polar surface area (TPSA) is 148 Å². The summed E-state index contributed by atoms with van der Waals surface area (Å²) in [5, 5.41) is 2.37. The van der Waals surface area contributed by atoms with E-state index in [-0.39, 0.29) is 24.8 Å². The van der Waals surface area contributed by atoms with Gasteiger partial charge < -0.3 is 14.2 Å². The molecule has 3 rings (SSSR count). The quantitative estimate of drug-likeness (QED) is 0.582. The number of nitrogens with zero attached hydrogens (tertiary/aromatic N) is 4. The van der Waals surface area contributed by atoms with E-state index in [1.807, 2.05) is 0 Å². The van der Waals surface area contributed by atoms with Gasteiger partial charge >= 0.3 is 11.9 Å². The third-order valence-electron chi connectivity index (χ3n) is 4.07. The third-order valence-corrected chi connectivity index (χ3v) is 4.07. The Morgan fingerprint density at radius 2 is 2.00 bits per heavy atom. The molecule has 12 nitrogen and oxygen atoms in total. The molecule has 4 unspecified atom stereocenters. The van der Waals surface area contributed by atoms with E-state index in [2.05, 4.69) is 20.3 Å². The van der Waals surface area contributed by atoms with Crippen LogP contribution in [-0.2, 0) is 33.4 Å². The largest absolute Gasteiger partial charge is 0.463 e. The zero-order valence-corrected chi connectivity index (χ0v) is 15.4. The summed E-state index contributed by atoms with van der Waals surface area (Å²) >= 11 is 0. The number of carbonyl (C=O) groups excluding carboxylic acids is 4. The molecule has 0 aromatic rings. The van der Waals surface area contributed by atoms with Crippen LogP contribution >= 0.6 is 0 Å². The molecule has 1 N–H and O–H groups in total. The summed E-state index contributed by atoms with van der Waals surface area (Å²) in [5.41, 5.74) is 0. The molecule has 150 valence electrons. The molecule has 0 aromatic heterocycles. The fraction of sp³-hybridized carbons (Fsp3) is 0.562. The Morgan fingerprint density at radius 1 is 1.25 bits per heavy atom. The molecule has 4 atom stereocenters. The van der Waals surface area contributed by atoms with Gasteiger partial charge in [0, 0.05) is 27.2 Å². The van der Waals surface area contributed by atoms with Gasteiger partial charge in [0.2, 0.25) is 11.9 Å². The van der Waals surface area contributed by atoms with Crippen molar-refractivity contribution in [3.8, 4) is 0 Å². The van der Waals surface area contributed by atoms with Crippen molar-refractivity contribution in [1.29, 1.82) is 0 Å². The summed E-state index contributed by atoms with van der Waals surface area (Å²) in [6.07, 6.45) is -0.380. The van der Waals surface area contributed by atoms with Gasteiger partial charge in [0.25, 0.3) is 5.91 Å². The standard InChI is InChI=1S/C16H19N5O7/c1-7(22)18-16-19-14-13(15(25)20-16)17-6-21(14)12-4-10(27-9(3)24)11(28-12)5-26-8(2)23/h6,10-13H,4-5H2,1-3H3,(H,18,20,22,25). The van der Waals surface area contributed by atoms with Crippen LogP contribution in [0.2, 0.25) is 0 Å². The van der Waals surface area contributed by atoms with Gasteiger partial charge in [-0.3, -0.25) is 34.4 Å². The maximum absolute atomic E-state index is 12.2. The number of amides is 2. The van der Waals surface area contributed by atoms with Crippen molar-refractivity contribution in [3.63, 3.8) is 0 Å². The highest BCUT2D eigenvalue weighted by atomic mass is 16.6. The van der Waals surface area contributed by atoms with Crippen molar-refractivity contribution < 1.29 is 33.4 Å². The summed E-state index contributed by atoms with van der Waals surface area (Å²) in [5.74, 6) is -1.88. The molecule has 0 radical (unpaired) electrons. The number of guanidine groups is 1. The maximum atomic E-state index is 12.2. The summed E-state index contributed by atoms with van der Waals surface area (Å²) in [6, 6.07) is -0.930. The van der Waals surface area contributed by atoms with Crippen LogP contribution in [-0.4, -0.2) is 77.9 Å². The molecule has 0 bridgehead atoms. The SMILES string of the molecule is CC(=O)NC1=NC(=O)C2N=CN(C3CC(OC(C)=O)C(COC(C)=O)O3)C2=N1. The van der Waals surface area contributed by atoms with E-state index in [1.54, 1.807) is 0 Å². The lowest BCUT2D eigenvalue weighted by Crippen LogP contribution is -2.46. The summed E-state index contributed by atoms with van der Waals surface area (Å²) in [7, 11) is 0. The number of esters is 2. The van der Waals surface area contributed by atoms with Gasteiger partial charge in [0.1, 0.15) is 25.0 Å². The minimum atomic E-state index is -0.930. The Bertz CT molecular complexity index is 805. The number of ether oxygens (including phenoxy) is 3. The summed E-state index contributed by atoms with van der Waals surface area (Å²) < 4.78 is 16.1. The first kappa shape index (κ1) is 19.6. The lowest BCUT2D eigenvalue weighted by Gasteiger charge is -2.25. The van der Waals surface area contributed by atoms with Gasteiger partial charge in [-0.25, -0.2) is 0 Å². The van der Waals surface area contributed by atoms with Crippen molar-refractivity contribution in [2.24, 2.45) is 15.0 Å².